The van der Waals surface area contributed by atoms with Crippen molar-refractivity contribution in [2.75, 3.05) is 39.5 Å². The second-order valence-corrected chi connectivity index (χ2v) is 5.05. The molecular weight excluding hydrogens is 260 g/mol. The first kappa shape index (κ1) is 13.1. The number of fused-ring (bicyclic) bond motifs is 1. The fourth-order valence-electron chi connectivity index (χ4n) is 2.55. The minimum Gasteiger partial charge on any atom is -0.465 e. The molecule has 20 heavy (non-hydrogen) atoms. The second kappa shape index (κ2) is 5.58. The number of hydrogen-bond acceptors (Lipinski definition) is 4. The number of ether oxygens (including phenoxy) is 2. The lowest BCUT2D eigenvalue weighted by Crippen LogP contribution is -2.48. The van der Waals surface area contributed by atoms with Crippen LogP contribution in [0.3, 0.4) is 0 Å². The van der Waals surface area contributed by atoms with Crippen molar-refractivity contribution in [1.82, 2.24) is 9.80 Å². The van der Waals surface area contributed by atoms with Crippen LogP contribution in [-0.4, -0.2) is 60.5 Å². The standard InChI is InChI=1S/C14H18N2O4/c17-14(18)16-7-5-15(6-8-16)4-3-11-1-2-12-13(9-11)20-10-19-12/h1-2,9H,3-8,10H2,(H,17,18). The van der Waals surface area contributed by atoms with Gasteiger partial charge >= 0.3 is 6.09 Å². The molecule has 0 spiro atoms. The van der Waals surface area contributed by atoms with E-state index in [0.29, 0.717) is 19.9 Å². The normalized spacial score (nSPS) is 18.3. The minimum atomic E-state index is -0.819. The minimum absolute atomic E-state index is 0.302. The number of piperazine rings is 1. The van der Waals surface area contributed by atoms with E-state index >= 15 is 0 Å². The molecule has 0 radical (unpaired) electrons. The van der Waals surface area contributed by atoms with Crippen molar-refractivity contribution in [1.29, 1.82) is 0 Å². The van der Waals surface area contributed by atoms with Gasteiger partial charge in [0.2, 0.25) is 6.79 Å². The molecule has 1 fully saturated rings. The largest absolute Gasteiger partial charge is 0.465 e. The Kier molecular flexibility index (Phi) is 3.64. The molecule has 0 bridgehead atoms. The number of hydrogen-bond donors (Lipinski definition) is 1. The molecule has 0 atom stereocenters. The lowest BCUT2D eigenvalue weighted by atomic mass is 10.1. The summed E-state index contributed by atoms with van der Waals surface area (Å²) in [6.45, 7) is 4.03. The van der Waals surface area contributed by atoms with Crippen molar-refractivity contribution in [2.24, 2.45) is 0 Å². The fourth-order valence-corrected chi connectivity index (χ4v) is 2.55. The van der Waals surface area contributed by atoms with Crippen LogP contribution in [0.2, 0.25) is 0 Å². The maximum absolute atomic E-state index is 10.8. The number of carbonyl (C=O) groups is 1. The molecule has 108 valence electrons. The van der Waals surface area contributed by atoms with Gasteiger partial charge in [0.05, 0.1) is 0 Å². The van der Waals surface area contributed by atoms with E-state index in [4.69, 9.17) is 14.6 Å². The van der Waals surface area contributed by atoms with Crippen LogP contribution in [0.4, 0.5) is 4.79 Å². The first-order valence-electron chi connectivity index (χ1n) is 6.81. The summed E-state index contributed by atoms with van der Waals surface area (Å²) in [6.07, 6.45) is 0.115. The van der Waals surface area contributed by atoms with Gasteiger partial charge in [0.15, 0.2) is 11.5 Å². The lowest BCUT2D eigenvalue weighted by Gasteiger charge is -2.33. The second-order valence-electron chi connectivity index (χ2n) is 5.05. The molecule has 1 N–H and O–H groups in total. The maximum Gasteiger partial charge on any atom is 0.407 e. The predicted molar refractivity (Wildman–Crippen MR) is 72.3 cm³/mol. The molecule has 0 aromatic heterocycles. The third-order valence-corrected chi connectivity index (χ3v) is 3.80. The lowest BCUT2D eigenvalue weighted by molar-refractivity contribution is 0.106. The zero-order valence-corrected chi connectivity index (χ0v) is 11.2. The Morgan fingerprint density at radius 2 is 1.90 bits per heavy atom. The Bertz CT molecular complexity index is 498. The fraction of sp³-hybridized carbons (Fsp3) is 0.500. The van der Waals surface area contributed by atoms with E-state index in [9.17, 15) is 4.79 Å². The van der Waals surface area contributed by atoms with E-state index in [1.54, 1.807) is 0 Å². The van der Waals surface area contributed by atoms with E-state index in [-0.39, 0.29) is 0 Å². The zero-order valence-electron chi connectivity index (χ0n) is 11.2. The predicted octanol–water partition coefficient (Wildman–Crippen LogP) is 1.25. The van der Waals surface area contributed by atoms with E-state index < -0.39 is 6.09 Å². The highest BCUT2D eigenvalue weighted by Crippen LogP contribution is 2.32. The highest BCUT2D eigenvalue weighted by Gasteiger charge is 2.20. The van der Waals surface area contributed by atoms with Gasteiger partial charge in [0.1, 0.15) is 0 Å². The zero-order chi connectivity index (χ0) is 13.9. The van der Waals surface area contributed by atoms with Gasteiger partial charge in [-0.15, -0.1) is 0 Å². The topological polar surface area (TPSA) is 62.2 Å². The van der Waals surface area contributed by atoms with Crippen LogP contribution in [0.15, 0.2) is 18.2 Å². The van der Waals surface area contributed by atoms with Crippen LogP contribution in [-0.2, 0) is 6.42 Å². The van der Waals surface area contributed by atoms with Crippen LogP contribution in [0.5, 0.6) is 11.5 Å². The van der Waals surface area contributed by atoms with Gasteiger partial charge < -0.3 is 19.5 Å². The number of rotatable bonds is 3. The van der Waals surface area contributed by atoms with E-state index in [2.05, 4.69) is 11.0 Å². The Morgan fingerprint density at radius 1 is 1.15 bits per heavy atom. The highest BCUT2D eigenvalue weighted by molar-refractivity contribution is 5.65. The molecule has 1 aromatic carbocycles. The molecule has 6 nitrogen and oxygen atoms in total. The van der Waals surface area contributed by atoms with E-state index in [0.717, 1.165) is 37.6 Å². The summed E-state index contributed by atoms with van der Waals surface area (Å²) < 4.78 is 10.7. The van der Waals surface area contributed by atoms with Crippen molar-refractivity contribution in [3.63, 3.8) is 0 Å². The molecule has 6 heteroatoms. The van der Waals surface area contributed by atoms with Gasteiger partial charge in [-0.1, -0.05) is 6.07 Å². The Hall–Kier alpha value is -1.95. The van der Waals surface area contributed by atoms with Crippen molar-refractivity contribution >= 4 is 6.09 Å². The molecule has 2 aliphatic rings. The quantitative estimate of drug-likeness (QED) is 0.901. The van der Waals surface area contributed by atoms with Crippen molar-refractivity contribution in [2.45, 2.75) is 6.42 Å². The van der Waals surface area contributed by atoms with Crippen LogP contribution in [0.1, 0.15) is 5.56 Å². The number of benzene rings is 1. The van der Waals surface area contributed by atoms with Gasteiger partial charge in [-0.25, -0.2) is 4.79 Å². The first-order valence-corrected chi connectivity index (χ1v) is 6.81. The van der Waals surface area contributed by atoms with Gasteiger partial charge in [-0.3, -0.25) is 4.90 Å². The molecule has 0 saturated carbocycles. The molecule has 2 aliphatic heterocycles. The summed E-state index contributed by atoms with van der Waals surface area (Å²) in [5.41, 5.74) is 1.22. The molecule has 1 saturated heterocycles. The summed E-state index contributed by atoms with van der Waals surface area (Å²) in [5.74, 6) is 1.63. The average molecular weight is 278 g/mol. The van der Waals surface area contributed by atoms with Crippen molar-refractivity contribution < 1.29 is 19.4 Å². The average Bonchev–Trinajstić information content (AvgIpc) is 2.93. The summed E-state index contributed by atoms with van der Waals surface area (Å²) in [5, 5.41) is 8.90. The van der Waals surface area contributed by atoms with Gasteiger partial charge in [-0.2, -0.15) is 0 Å². The maximum atomic E-state index is 10.8. The van der Waals surface area contributed by atoms with Crippen LogP contribution in [0.25, 0.3) is 0 Å². The smallest absolute Gasteiger partial charge is 0.407 e. The monoisotopic (exact) mass is 278 g/mol. The molecule has 1 aromatic rings. The van der Waals surface area contributed by atoms with Crippen LogP contribution in [0, 0.1) is 0 Å². The number of carboxylic acid groups (broad SMARTS) is 1. The van der Waals surface area contributed by atoms with Gasteiger partial charge in [-0.05, 0) is 24.1 Å². The van der Waals surface area contributed by atoms with Crippen LogP contribution < -0.4 is 9.47 Å². The summed E-state index contributed by atoms with van der Waals surface area (Å²) in [7, 11) is 0. The molecule has 3 rings (SSSR count). The van der Waals surface area contributed by atoms with E-state index in [1.165, 1.54) is 10.5 Å². The van der Waals surface area contributed by atoms with E-state index in [1.807, 2.05) is 12.1 Å². The molecule has 2 heterocycles. The first-order chi connectivity index (χ1) is 9.72. The highest BCUT2D eigenvalue weighted by atomic mass is 16.7. The molecule has 0 unspecified atom stereocenters. The molecule has 0 aliphatic carbocycles. The third-order valence-electron chi connectivity index (χ3n) is 3.80. The van der Waals surface area contributed by atoms with Gasteiger partial charge in [0, 0.05) is 32.7 Å². The summed E-state index contributed by atoms with van der Waals surface area (Å²) in [4.78, 5) is 14.6. The molecule has 1 amide bonds. The third kappa shape index (κ3) is 2.80. The Labute approximate surface area is 117 Å². The summed E-state index contributed by atoms with van der Waals surface area (Å²) in [6, 6.07) is 6.02. The molecular formula is C14H18N2O4. The SMILES string of the molecule is O=C(O)N1CCN(CCc2ccc3c(c2)OCO3)CC1. The van der Waals surface area contributed by atoms with Crippen molar-refractivity contribution in [3.05, 3.63) is 23.8 Å². The number of nitrogens with zero attached hydrogens (tertiary/aromatic N) is 2. The van der Waals surface area contributed by atoms with Gasteiger partial charge in [0.25, 0.3) is 0 Å². The van der Waals surface area contributed by atoms with Crippen LogP contribution >= 0.6 is 0 Å². The Morgan fingerprint density at radius 3 is 2.65 bits per heavy atom. The summed E-state index contributed by atoms with van der Waals surface area (Å²) >= 11 is 0. The number of amides is 1. The van der Waals surface area contributed by atoms with Crippen molar-refractivity contribution in [3.8, 4) is 11.5 Å². The Balaban J connectivity index is 1.49.